The van der Waals surface area contributed by atoms with Crippen LogP contribution in [0.2, 0.25) is 0 Å². The largest absolute Gasteiger partial charge is 0.324 e. The zero-order chi connectivity index (χ0) is 14.5. The van der Waals surface area contributed by atoms with Gasteiger partial charge in [0.1, 0.15) is 4.90 Å². The highest BCUT2D eigenvalue weighted by Gasteiger charge is 2.19. The first kappa shape index (κ1) is 15.6. The van der Waals surface area contributed by atoms with Gasteiger partial charge in [-0.15, -0.1) is 0 Å². The van der Waals surface area contributed by atoms with Gasteiger partial charge in [-0.2, -0.15) is 0 Å². The smallest absolute Gasteiger partial charge is 0.242 e. The van der Waals surface area contributed by atoms with Gasteiger partial charge < -0.3 is 10.6 Å². The molecule has 0 saturated carbocycles. The van der Waals surface area contributed by atoms with E-state index in [1.54, 1.807) is 39.1 Å². The quantitative estimate of drug-likeness (QED) is 0.711. The minimum absolute atomic E-state index is 0.0634. The molecule has 1 atom stereocenters. The fraction of sp³-hybridized carbons (Fsp3) is 0.417. The van der Waals surface area contributed by atoms with Gasteiger partial charge in [0.25, 0.3) is 0 Å². The second-order valence-corrected chi connectivity index (χ2v) is 5.73. The van der Waals surface area contributed by atoms with E-state index in [2.05, 4.69) is 15.4 Å². The molecule has 1 unspecified atom stereocenters. The molecule has 0 aliphatic heterocycles. The molecule has 3 N–H and O–H groups in total. The van der Waals surface area contributed by atoms with Crippen LogP contribution in [0.1, 0.15) is 13.8 Å². The summed E-state index contributed by atoms with van der Waals surface area (Å²) >= 11 is 0. The van der Waals surface area contributed by atoms with Gasteiger partial charge >= 0.3 is 0 Å². The molecule has 19 heavy (non-hydrogen) atoms. The number of rotatable bonds is 6. The number of carbonyl (C=O) groups excluding carboxylic acids is 1. The first-order valence-electron chi connectivity index (χ1n) is 5.99. The Balaban J connectivity index is 3.07. The highest BCUT2D eigenvalue weighted by atomic mass is 32.2. The number of hydrogen-bond donors (Lipinski definition) is 3. The van der Waals surface area contributed by atoms with E-state index in [0.717, 1.165) is 0 Å². The van der Waals surface area contributed by atoms with Gasteiger partial charge in [0.2, 0.25) is 15.9 Å². The topological polar surface area (TPSA) is 87.3 Å². The van der Waals surface area contributed by atoms with Crippen molar-refractivity contribution < 1.29 is 13.2 Å². The molecule has 0 bridgehead atoms. The molecule has 0 spiro atoms. The molecule has 1 aromatic carbocycles. The van der Waals surface area contributed by atoms with Crippen molar-refractivity contribution in [2.45, 2.75) is 24.8 Å². The van der Waals surface area contributed by atoms with Crippen LogP contribution in [0.5, 0.6) is 0 Å². The van der Waals surface area contributed by atoms with Crippen molar-refractivity contribution in [1.29, 1.82) is 0 Å². The van der Waals surface area contributed by atoms with Crippen LogP contribution in [0.25, 0.3) is 0 Å². The van der Waals surface area contributed by atoms with Gasteiger partial charge in [-0.25, -0.2) is 13.1 Å². The second-order valence-electron chi connectivity index (χ2n) is 4.00. The van der Waals surface area contributed by atoms with Crippen LogP contribution in [0, 0.1) is 0 Å². The molecule has 0 heterocycles. The Kier molecular flexibility index (Phi) is 5.46. The van der Waals surface area contributed by atoms with Crippen molar-refractivity contribution in [3.8, 4) is 0 Å². The van der Waals surface area contributed by atoms with E-state index in [9.17, 15) is 13.2 Å². The van der Waals surface area contributed by atoms with Crippen molar-refractivity contribution in [2.75, 3.05) is 18.9 Å². The number of hydrogen-bond acceptors (Lipinski definition) is 4. The van der Waals surface area contributed by atoms with Crippen LogP contribution in [0.4, 0.5) is 5.69 Å². The lowest BCUT2D eigenvalue weighted by Gasteiger charge is -2.14. The fourth-order valence-electron chi connectivity index (χ4n) is 1.44. The number of amides is 1. The molecule has 0 aromatic heterocycles. The van der Waals surface area contributed by atoms with Crippen LogP contribution in [0.3, 0.4) is 0 Å². The zero-order valence-corrected chi connectivity index (χ0v) is 12.0. The van der Waals surface area contributed by atoms with Gasteiger partial charge in [0, 0.05) is 6.54 Å². The molecule has 1 rings (SSSR count). The molecule has 0 saturated heterocycles. The standard InChI is InChI=1S/C12H19N3O3S/c1-4-14-19(17,18)11-8-6-5-7-10(11)15-12(16)9(2)13-3/h5-9,13-14H,4H2,1-3H3,(H,15,16). The Morgan fingerprint density at radius 1 is 1.32 bits per heavy atom. The second kappa shape index (κ2) is 6.65. The van der Waals surface area contributed by atoms with Crippen LogP contribution < -0.4 is 15.4 Å². The maximum Gasteiger partial charge on any atom is 0.242 e. The Labute approximate surface area is 113 Å². The number of anilines is 1. The van der Waals surface area contributed by atoms with Crippen LogP contribution >= 0.6 is 0 Å². The summed E-state index contributed by atoms with van der Waals surface area (Å²) in [5.74, 6) is -0.290. The third kappa shape index (κ3) is 4.02. The van der Waals surface area contributed by atoms with E-state index >= 15 is 0 Å². The molecule has 0 aliphatic rings. The number of nitrogens with one attached hydrogen (secondary N) is 3. The minimum atomic E-state index is -3.60. The van der Waals surface area contributed by atoms with Gasteiger partial charge in [0.15, 0.2) is 0 Å². The SMILES string of the molecule is CCNS(=O)(=O)c1ccccc1NC(=O)C(C)NC. The van der Waals surface area contributed by atoms with Gasteiger partial charge in [0.05, 0.1) is 11.7 Å². The zero-order valence-electron chi connectivity index (χ0n) is 11.2. The molecule has 106 valence electrons. The summed E-state index contributed by atoms with van der Waals surface area (Å²) < 4.78 is 26.4. The summed E-state index contributed by atoms with van der Waals surface area (Å²) in [6.45, 7) is 3.68. The average molecular weight is 285 g/mol. The Morgan fingerprint density at radius 2 is 1.95 bits per heavy atom. The minimum Gasteiger partial charge on any atom is -0.324 e. The highest BCUT2D eigenvalue weighted by molar-refractivity contribution is 7.89. The maximum absolute atomic E-state index is 12.0. The predicted molar refractivity (Wildman–Crippen MR) is 74.5 cm³/mol. The summed E-state index contributed by atoms with van der Waals surface area (Å²) in [6.07, 6.45) is 0. The lowest BCUT2D eigenvalue weighted by Crippen LogP contribution is -2.36. The molecule has 6 nitrogen and oxygen atoms in total. The number of likely N-dealkylation sites (N-methyl/N-ethyl adjacent to an activating group) is 1. The summed E-state index contributed by atoms with van der Waals surface area (Å²) in [5, 5.41) is 5.40. The average Bonchev–Trinajstić information content (AvgIpc) is 2.38. The van der Waals surface area contributed by atoms with E-state index in [-0.39, 0.29) is 23.0 Å². The van der Waals surface area contributed by atoms with E-state index in [1.165, 1.54) is 6.07 Å². The summed E-state index contributed by atoms with van der Waals surface area (Å²) in [6, 6.07) is 5.89. The van der Waals surface area contributed by atoms with Crippen LogP contribution in [0.15, 0.2) is 29.2 Å². The van der Waals surface area contributed by atoms with E-state index in [0.29, 0.717) is 0 Å². The molecule has 1 amide bonds. The van der Waals surface area contributed by atoms with E-state index in [1.807, 2.05) is 0 Å². The third-order valence-corrected chi connectivity index (χ3v) is 4.20. The van der Waals surface area contributed by atoms with E-state index < -0.39 is 16.1 Å². The first-order valence-corrected chi connectivity index (χ1v) is 7.47. The lowest BCUT2D eigenvalue weighted by atomic mass is 10.2. The maximum atomic E-state index is 12.0. The van der Waals surface area contributed by atoms with Crippen LogP contribution in [-0.4, -0.2) is 34.0 Å². The normalized spacial score (nSPS) is 13.0. The van der Waals surface area contributed by atoms with Crippen molar-refractivity contribution in [3.63, 3.8) is 0 Å². The Morgan fingerprint density at radius 3 is 2.53 bits per heavy atom. The van der Waals surface area contributed by atoms with Gasteiger partial charge in [-0.3, -0.25) is 4.79 Å². The van der Waals surface area contributed by atoms with Crippen molar-refractivity contribution >= 4 is 21.6 Å². The van der Waals surface area contributed by atoms with Crippen molar-refractivity contribution in [2.24, 2.45) is 0 Å². The summed E-state index contributed by atoms with van der Waals surface area (Å²) in [7, 11) is -1.95. The van der Waals surface area contributed by atoms with Gasteiger partial charge in [-0.1, -0.05) is 19.1 Å². The summed E-state index contributed by atoms with van der Waals surface area (Å²) in [5.41, 5.74) is 0.274. The van der Waals surface area contributed by atoms with Crippen LogP contribution in [-0.2, 0) is 14.8 Å². The molecular formula is C12H19N3O3S. The lowest BCUT2D eigenvalue weighted by molar-refractivity contribution is -0.117. The number of carbonyl (C=O) groups is 1. The van der Waals surface area contributed by atoms with Gasteiger partial charge in [-0.05, 0) is 26.1 Å². The highest BCUT2D eigenvalue weighted by Crippen LogP contribution is 2.20. The summed E-state index contributed by atoms with van der Waals surface area (Å²) in [4.78, 5) is 11.9. The monoisotopic (exact) mass is 285 g/mol. The number of sulfonamides is 1. The predicted octanol–water partition coefficient (Wildman–Crippen LogP) is 0.531. The fourth-order valence-corrected chi connectivity index (χ4v) is 2.65. The Bertz CT molecular complexity index is 543. The molecule has 1 aromatic rings. The molecule has 7 heteroatoms. The van der Waals surface area contributed by atoms with E-state index in [4.69, 9.17) is 0 Å². The van der Waals surface area contributed by atoms with Crippen molar-refractivity contribution in [1.82, 2.24) is 10.0 Å². The molecule has 0 aliphatic carbocycles. The number of para-hydroxylation sites is 1. The molecule has 0 radical (unpaired) electrons. The first-order chi connectivity index (χ1) is 8.92. The molecule has 0 fully saturated rings. The van der Waals surface area contributed by atoms with Crippen molar-refractivity contribution in [3.05, 3.63) is 24.3 Å². The third-order valence-electron chi connectivity index (χ3n) is 2.60. The Hall–Kier alpha value is -1.44. The number of benzene rings is 1. The molecular weight excluding hydrogens is 266 g/mol.